The van der Waals surface area contributed by atoms with Crippen molar-refractivity contribution < 1.29 is 19.1 Å². The highest BCUT2D eigenvalue weighted by molar-refractivity contribution is 7.99. The van der Waals surface area contributed by atoms with E-state index >= 15 is 0 Å². The average molecular weight is 579 g/mol. The number of hydrogen-bond donors (Lipinski definition) is 1. The van der Waals surface area contributed by atoms with Crippen molar-refractivity contribution in [3.05, 3.63) is 75.9 Å². The van der Waals surface area contributed by atoms with E-state index in [9.17, 15) is 9.59 Å². The van der Waals surface area contributed by atoms with Gasteiger partial charge in [0.2, 0.25) is 5.91 Å². The van der Waals surface area contributed by atoms with Crippen LogP contribution in [0.1, 0.15) is 65.7 Å². The van der Waals surface area contributed by atoms with Gasteiger partial charge in [0.05, 0.1) is 12.9 Å². The summed E-state index contributed by atoms with van der Waals surface area (Å²) in [5.41, 5.74) is 5.39. The minimum absolute atomic E-state index is 0.0925. The molecule has 8 nitrogen and oxygen atoms in total. The van der Waals surface area contributed by atoms with Crippen molar-refractivity contribution in [1.82, 2.24) is 14.8 Å². The summed E-state index contributed by atoms with van der Waals surface area (Å²) in [5.74, 6) is 1.20. The topological polar surface area (TPSA) is 95.3 Å². The predicted octanol–water partition coefficient (Wildman–Crippen LogP) is 6.94. The van der Waals surface area contributed by atoms with Gasteiger partial charge < -0.3 is 19.4 Å². The van der Waals surface area contributed by atoms with Crippen LogP contribution in [-0.2, 0) is 16.6 Å². The Morgan fingerprint density at radius 1 is 1.05 bits per heavy atom. The first-order valence-corrected chi connectivity index (χ1v) is 14.8. The lowest BCUT2D eigenvalue weighted by Crippen LogP contribution is -2.16. The molecule has 1 unspecified atom stereocenters. The number of amides is 1. The van der Waals surface area contributed by atoms with Gasteiger partial charge in [0.25, 0.3) is 0 Å². The first-order chi connectivity index (χ1) is 19.1. The van der Waals surface area contributed by atoms with Crippen LogP contribution < -0.4 is 10.1 Å². The van der Waals surface area contributed by atoms with Gasteiger partial charge in [0.15, 0.2) is 17.1 Å². The molecule has 0 aliphatic rings. The molecule has 0 aliphatic heterocycles. The zero-order valence-electron chi connectivity index (χ0n) is 23.8. The van der Waals surface area contributed by atoms with Crippen LogP contribution in [0.2, 0.25) is 0 Å². The molecule has 2 aromatic carbocycles. The Balaban J connectivity index is 1.43. The number of thiophene rings is 1. The Kier molecular flexibility index (Phi) is 9.32. The van der Waals surface area contributed by atoms with E-state index < -0.39 is 5.97 Å². The normalized spacial score (nSPS) is 11.9. The molecule has 0 saturated carbocycles. The number of aromatic nitrogens is 3. The maximum Gasteiger partial charge on any atom is 0.341 e. The van der Waals surface area contributed by atoms with Crippen LogP contribution in [-0.4, -0.2) is 39.5 Å². The molecule has 4 aromatic rings. The molecule has 0 fully saturated rings. The summed E-state index contributed by atoms with van der Waals surface area (Å²) < 4.78 is 13.0. The summed E-state index contributed by atoms with van der Waals surface area (Å²) in [4.78, 5) is 25.7. The third-order valence-corrected chi connectivity index (χ3v) is 8.46. The fourth-order valence-electron chi connectivity index (χ4n) is 4.27. The molecule has 0 bridgehead atoms. The lowest BCUT2D eigenvalue weighted by atomic mass is 9.97. The Morgan fingerprint density at radius 3 is 2.45 bits per heavy atom. The zero-order chi connectivity index (χ0) is 29.0. The minimum Gasteiger partial charge on any atom is -0.483 e. The highest BCUT2D eigenvalue weighted by atomic mass is 32.2. The number of methoxy groups -OCH3 is 1. The molecule has 1 N–H and O–H groups in total. The highest BCUT2D eigenvalue weighted by Gasteiger charge is 2.24. The molecule has 10 heteroatoms. The molecule has 1 atom stereocenters. The summed E-state index contributed by atoms with van der Waals surface area (Å²) in [7, 11) is 3.19. The molecule has 210 valence electrons. The first kappa shape index (κ1) is 29.4. The number of aryl methyl sites for hydroxylation is 2. The van der Waals surface area contributed by atoms with E-state index in [0.29, 0.717) is 27.5 Å². The van der Waals surface area contributed by atoms with Gasteiger partial charge >= 0.3 is 5.97 Å². The summed E-state index contributed by atoms with van der Waals surface area (Å²) in [6, 6.07) is 14.1. The Labute approximate surface area is 243 Å². The number of anilines is 1. The summed E-state index contributed by atoms with van der Waals surface area (Å²) in [6.45, 7) is 10.2. The summed E-state index contributed by atoms with van der Waals surface area (Å²) in [5, 5.41) is 14.4. The van der Waals surface area contributed by atoms with Gasteiger partial charge in [0, 0.05) is 18.0 Å². The second-order valence-electron chi connectivity index (χ2n) is 9.88. The van der Waals surface area contributed by atoms with Gasteiger partial charge in [-0.05, 0) is 55.5 Å². The molecule has 0 aliphatic carbocycles. The van der Waals surface area contributed by atoms with Gasteiger partial charge in [-0.3, -0.25) is 4.79 Å². The van der Waals surface area contributed by atoms with Gasteiger partial charge in [-0.2, -0.15) is 0 Å². The van der Waals surface area contributed by atoms with Crippen LogP contribution in [0.3, 0.4) is 0 Å². The molecule has 4 rings (SSSR count). The number of carbonyl (C=O) groups is 2. The van der Waals surface area contributed by atoms with Crippen LogP contribution in [0.4, 0.5) is 5.00 Å². The largest absolute Gasteiger partial charge is 0.483 e. The van der Waals surface area contributed by atoms with Gasteiger partial charge in [-0.1, -0.05) is 61.5 Å². The molecule has 1 amide bonds. The molecule has 2 aromatic heterocycles. The van der Waals surface area contributed by atoms with Crippen molar-refractivity contribution in [1.29, 1.82) is 0 Å². The maximum absolute atomic E-state index is 12.9. The second kappa shape index (κ2) is 12.7. The zero-order valence-corrected chi connectivity index (χ0v) is 25.4. The van der Waals surface area contributed by atoms with E-state index in [2.05, 4.69) is 41.5 Å². The standard InChI is InChI=1S/C30H34N4O4S2/c1-17(2)21-10-12-22(13-11-21)38-20(5)27-32-33-30(34(27)6)40-16-25(35)31-28-26(29(36)37-7)24(15-39-28)23-14-18(3)8-9-19(23)4/h8-15,17,20H,16H2,1-7H3,(H,31,35). The SMILES string of the molecule is COC(=O)c1c(-c2cc(C)ccc2C)csc1NC(=O)CSc1nnc(C(C)Oc2ccc(C(C)C)cc2)n1C. The minimum atomic E-state index is -0.495. The summed E-state index contributed by atoms with van der Waals surface area (Å²) in [6.07, 6.45) is -0.331. The number of ether oxygens (including phenoxy) is 2. The van der Waals surface area contributed by atoms with Crippen molar-refractivity contribution in [2.24, 2.45) is 7.05 Å². The lowest BCUT2D eigenvalue weighted by Gasteiger charge is -2.15. The van der Waals surface area contributed by atoms with E-state index in [1.165, 1.54) is 35.8 Å². The predicted molar refractivity (Wildman–Crippen MR) is 160 cm³/mol. The molecule has 2 heterocycles. The molecular formula is C30H34N4O4S2. The van der Waals surface area contributed by atoms with Gasteiger partial charge in [0.1, 0.15) is 16.3 Å². The number of esters is 1. The van der Waals surface area contributed by atoms with E-state index in [-0.39, 0.29) is 17.8 Å². The molecule has 0 saturated heterocycles. The number of rotatable bonds is 10. The Morgan fingerprint density at radius 2 is 1.77 bits per heavy atom. The van der Waals surface area contributed by atoms with E-state index in [0.717, 1.165) is 28.0 Å². The van der Waals surface area contributed by atoms with Crippen LogP contribution in [0.15, 0.2) is 53.0 Å². The third kappa shape index (κ3) is 6.56. The third-order valence-electron chi connectivity index (χ3n) is 6.54. The first-order valence-electron chi connectivity index (χ1n) is 12.9. The van der Waals surface area contributed by atoms with Gasteiger partial charge in [-0.15, -0.1) is 21.5 Å². The molecule has 0 spiro atoms. The number of nitrogens with zero attached hydrogens (tertiary/aromatic N) is 3. The van der Waals surface area contributed by atoms with Crippen molar-refractivity contribution in [2.45, 2.75) is 51.8 Å². The van der Waals surface area contributed by atoms with Crippen LogP contribution in [0, 0.1) is 13.8 Å². The monoisotopic (exact) mass is 578 g/mol. The number of thioether (sulfide) groups is 1. The van der Waals surface area contributed by atoms with Crippen LogP contribution in [0.5, 0.6) is 5.75 Å². The number of hydrogen-bond acceptors (Lipinski definition) is 8. The Bertz CT molecular complexity index is 1510. The smallest absolute Gasteiger partial charge is 0.341 e. The number of benzene rings is 2. The van der Waals surface area contributed by atoms with E-state index in [1.54, 1.807) is 0 Å². The molecular weight excluding hydrogens is 544 g/mol. The summed E-state index contributed by atoms with van der Waals surface area (Å²) >= 11 is 2.56. The van der Waals surface area contributed by atoms with Crippen LogP contribution >= 0.6 is 23.1 Å². The maximum atomic E-state index is 12.9. The van der Waals surface area contributed by atoms with Crippen LogP contribution in [0.25, 0.3) is 11.1 Å². The number of nitrogens with one attached hydrogen (secondary N) is 1. The van der Waals surface area contributed by atoms with E-state index in [1.807, 2.05) is 68.1 Å². The number of carbonyl (C=O) groups excluding carboxylic acids is 2. The fourth-order valence-corrected chi connectivity index (χ4v) is 5.95. The lowest BCUT2D eigenvalue weighted by molar-refractivity contribution is -0.113. The van der Waals surface area contributed by atoms with E-state index in [4.69, 9.17) is 9.47 Å². The Hall–Kier alpha value is -3.63. The van der Waals surface area contributed by atoms with Crippen molar-refractivity contribution in [2.75, 3.05) is 18.2 Å². The average Bonchev–Trinajstić information content (AvgIpc) is 3.51. The fraction of sp³-hybridized carbons (Fsp3) is 0.333. The van der Waals surface area contributed by atoms with Crippen molar-refractivity contribution in [3.8, 4) is 16.9 Å². The van der Waals surface area contributed by atoms with Gasteiger partial charge in [-0.25, -0.2) is 4.79 Å². The van der Waals surface area contributed by atoms with Crippen molar-refractivity contribution in [3.63, 3.8) is 0 Å². The quantitative estimate of drug-likeness (QED) is 0.161. The van der Waals surface area contributed by atoms with Crippen molar-refractivity contribution >= 4 is 40.0 Å². The second-order valence-corrected chi connectivity index (χ2v) is 11.7. The highest BCUT2D eigenvalue weighted by Crippen LogP contribution is 2.38. The molecule has 0 radical (unpaired) electrons. The molecule has 40 heavy (non-hydrogen) atoms.